The first-order chi connectivity index (χ1) is 11.5. The number of carbonyl (C=O) groups excluding carboxylic acids is 1. The fraction of sp³-hybridized carbons (Fsp3) is 0.222. The Morgan fingerprint density at radius 1 is 1.29 bits per heavy atom. The molecule has 6 nitrogen and oxygen atoms in total. The van der Waals surface area contributed by atoms with Gasteiger partial charge in [0.25, 0.3) is 11.5 Å². The Labute approximate surface area is 139 Å². The van der Waals surface area contributed by atoms with E-state index in [1.807, 2.05) is 31.2 Å². The van der Waals surface area contributed by atoms with Crippen LogP contribution < -0.4 is 15.6 Å². The third kappa shape index (κ3) is 2.67. The highest BCUT2D eigenvalue weighted by Crippen LogP contribution is 2.25. The summed E-state index contributed by atoms with van der Waals surface area (Å²) in [4.78, 5) is 27.7. The Morgan fingerprint density at radius 3 is 2.79 bits per heavy atom. The average molecular weight is 325 g/mol. The van der Waals surface area contributed by atoms with Gasteiger partial charge in [-0.1, -0.05) is 18.2 Å². The number of aromatic nitrogens is 2. The molecule has 0 spiro atoms. The van der Waals surface area contributed by atoms with Crippen LogP contribution in [0.3, 0.4) is 0 Å². The Balaban J connectivity index is 1.95. The van der Waals surface area contributed by atoms with E-state index in [0.29, 0.717) is 16.5 Å². The molecule has 0 aliphatic heterocycles. The van der Waals surface area contributed by atoms with Crippen LogP contribution in [0.25, 0.3) is 10.9 Å². The maximum Gasteiger partial charge on any atom is 0.274 e. The molecule has 6 heteroatoms. The van der Waals surface area contributed by atoms with E-state index in [-0.39, 0.29) is 17.5 Å². The van der Waals surface area contributed by atoms with Gasteiger partial charge in [-0.05, 0) is 19.1 Å². The van der Waals surface area contributed by atoms with E-state index >= 15 is 0 Å². The number of rotatable bonds is 4. The third-order valence-electron chi connectivity index (χ3n) is 4.09. The van der Waals surface area contributed by atoms with Crippen molar-refractivity contribution < 1.29 is 9.53 Å². The van der Waals surface area contributed by atoms with E-state index in [1.54, 1.807) is 32.6 Å². The van der Waals surface area contributed by atoms with E-state index in [2.05, 4.69) is 10.3 Å². The monoisotopic (exact) mass is 325 g/mol. The predicted molar refractivity (Wildman–Crippen MR) is 92.4 cm³/mol. The molecule has 3 aromatic rings. The van der Waals surface area contributed by atoms with Gasteiger partial charge in [0.2, 0.25) is 0 Å². The van der Waals surface area contributed by atoms with E-state index in [1.165, 1.54) is 4.57 Å². The van der Waals surface area contributed by atoms with Gasteiger partial charge in [-0.3, -0.25) is 9.59 Å². The number of fused-ring (bicyclic) bond motifs is 1. The maximum atomic E-state index is 12.7. The van der Waals surface area contributed by atoms with Crippen molar-refractivity contribution in [2.75, 3.05) is 7.11 Å². The summed E-state index contributed by atoms with van der Waals surface area (Å²) in [5.74, 6) is 0.478. The second-order valence-electron chi connectivity index (χ2n) is 5.66. The Hall–Kier alpha value is -3.02. The second kappa shape index (κ2) is 6.23. The quantitative estimate of drug-likeness (QED) is 0.773. The van der Waals surface area contributed by atoms with E-state index in [9.17, 15) is 9.59 Å². The van der Waals surface area contributed by atoms with E-state index < -0.39 is 0 Å². The van der Waals surface area contributed by atoms with Gasteiger partial charge in [0.1, 0.15) is 11.3 Å². The zero-order valence-electron chi connectivity index (χ0n) is 13.8. The van der Waals surface area contributed by atoms with Crippen LogP contribution in [0.5, 0.6) is 5.75 Å². The van der Waals surface area contributed by atoms with Crippen LogP contribution in [-0.4, -0.2) is 22.6 Å². The van der Waals surface area contributed by atoms with Gasteiger partial charge in [0, 0.05) is 30.4 Å². The number of methoxy groups -OCH3 is 1. The zero-order valence-corrected chi connectivity index (χ0v) is 13.8. The van der Waals surface area contributed by atoms with Crippen LogP contribution in [0.4, 0.5) is 0 Å². The summed E-state index contributed by atoms with van der Waals surface area (Å²) >= 11 is 0. The molecule has 0 bridgehead atoms. The second-order valence-corrected chi connectivity index (χ2v) is 5.66. The lowest BCUT2D eigenvalue weighted by Crippen LogP contribution is -2.29. The van der Waals surface area contributed by atoms with Crippen LogP contribution in [0.1, 0.15) is 28.9 Å². The van der Waals surface area contributed by atoms with Crippen molar-refractivity contribution in [2.24, 2.45) is 7.05 Å². The molecular weight excluding hydrogens is 306 g/mol. The molecule has 2 N–H and O–H groups in total. The first-order valence-electron chi connectivity index (χ1n) is 7.63. The molecule has 1 amide bonds. The molecule has 1 aromatic carbocycles. The lowest BCUT2D eigenvalue weighted by atomic mass is 10.1. The summed E-state index contributed by atoms with van der Waals surface area (Å²) in [6, 6.07) is 9.05. The minimum absolute atomic E-state index is 0.163. The van der Waals surface area contributed by atoms with Crippen molar-refractivity contribution >= 4 is 16.8 Å². The molecule has 0 saturated heterocycles. The zero-order chi connectivity index (χ0) is 17.3. The summed E-state index contributed by atoms with van der Waals surface area (Å²) in [6.45, 7) is 1.89. The van der Waals surface area contributed by atoms with Gasteiger partial charge in [-0.2, -0.15) is 0 Å². The maximum absolute atomic E-state index is 12.7. The Morgan fingerprint density at radius 2 is 2.04 bits per heavy atom. The number of pyridine rings is 1. The highest BCUT2D eigenvalue weighted by atomic mass is 16.5. The molecule has 24 heavy (non-hydrogen) atoms. The lowest BCUT2D eigenvalue weighted by molar-refractivity contribution is 0.0940. The summed E-state index contributed by atoms with van der Waals surface area (Å²) in [7, 11) is 3.23. The van der Waals surface area contributed by atoms with Gasteiger partial charge >= 0.3 is 0 Å². The molecule has 2 heterocycles. The van der Waals surface area contributed by atoms with Crippen molar-refractivity contribution in [3.8, 4) is 5.75 Å². The number of aromatic amines is 1. The molecule has 0 radical (unpaired) electrons. The number of carbonyl (C=O) groups is 1. The summed E-state index contributed by atoms with van der Waals surface area (Å²) in [6.07, 6.45) is 3.22. The standard InChI is InChI=1S/C18H19N3O3/c1-11(12-6-4-5-7-15(12)24-3)20-17(22)14-10-21(2)18(23)16-13(14)8-9-19-16/h4-11,19H,1-3H3,(H,20,22). The topological polar surface area (TPSA) is 76.1 Å². The largest absolute Gasteiger partial charge is 0.496 e. The van der Waals surface area contributed by atoms with Crippen molar-refractivity contribution in [2.45, 2.75) is 13.0 Å². The van der Waals surface area contributed by atoms with Crippen molar-refractivity contribution in [3.05, 3.63) is 64.2 Å². The molecule has 1 atom stereocenters. The summed E-state index contributed by atoms with van der Waals surface area (Å²) < 4.78 is 6.75. The number of hydrogen-bond acceptors (Lipinski definition) is 3. The number of hydrogen-bond donors (Lipinski definition) is 2. The Kier molecular flexibility index (Phi) is 4.12. The average Bonchev–Trinajstić information content (AvgIpc) is 3.07. The number of aryl methyl sites for hydroxylation is 1. The number of ether oxygens (including phenoxy) is 1. The van der Waals surface area contributed by atoms with Gasteiger partial charge in [-0.25, -0.2) is 0 Å². The fourth-order valence-corrected chi connectivity index (χ4v) is 2.83. The molecule has 0 fully saturated rings. The van der Waals surface area contributed by atoms with Crippen molar-refractivity contribution in [1.82, 2.24) is 14.9 Å². The van der Waals surface area contributed by atoms with Gasteiger partial charge in [0.15, 0.2) is 0 Å². The predicted octanol–water partition coefficient (Wildman–Crippen LogP) is 2.37. The normalized spacial score (nSPS) is 12.1. The molecule has 0 aliphatic carbocycles. The summed E-state index contributed by atoms with van der Waals surface area (Å²) in [5.41, 5.74) is 1.61. The molecule has 0 saturated carbocycles. The Bertz CT molecular complexity index is 956. The minimum atomic E-state index is -0.242. The third-order valence-corrected chi connectivity index (χ3v) is 4.09. The van der Waals surface area contributed by atoms with E-state index in [4.69, 9.17) is 4.74 Å². The summed E-state index contributed by atoms with van der Waals surface area (Å²) in [5, 5.41) is 3.58. The van der Waals surface area contributed by atoms with Crippen molar-refractivity contribution in [3.63, 3.8) is 0 Å². The van der Waals surface area contributed by atoms with Gasteiger partial charge in [-0.15, -0.1) is 0 Å². The molecule has 2 aromatic heterocycles. The van der Waals surface area contributed by atoms with Crippen molar-refractivity contribution in [1.29, 1.82) is 0 Å². The first-order valence-corrected chi connectivity index (χ1v) is 7.63. The molecule has 1 unspecified atom stereocenters. The van der Waals surface area contributed by atoms with E-state index in [0.717, 1.165) is 11.3 Å². The number of nitrogens with one attached hydrogen (secondary N) is 2. The highest BCUT2D eigenvalue weighted by molar-refractivity contribution is 6.06. The molecule has 124 valence electrons. The van der Waals surface area contributed by atoms with Crippen LogP contribution in [0, 0.1) is 0 Å². The highest BCUT2D eigenvalue weighted by Gasteiger charge is 2.18. The number of H-pyrrole nitrogens is 1. The smallest absolute Gasteiger partial charge is 0.274 e. The minimum Gasteiger partial charge on any atom is -0.496 e. The van der Waals surface area contributed by atoms with Gasteiger partial charge in [0.05, 0.1) is 18.7 Å². The molecule has 0 aliphatic rings. The number of nitrogens with zero attached hydrogens (tertiary/aromatic N) is 1. The molecular formula is C18H19N3O3. The SMILES string of the molecule is COc1ccccc1C(C)NC(=O)c1cn(C)c(=O)c2[nH]ccc12. The number of para-hydroxylation sites is 1. The lowest BCUT2D eigenvalue weighted by Gasteiger charge is -2.17. The van der Waals surface area contributed by atoms with Gasteiger partial charge < -0.3 is 19.6 Å². The van der Waals surface area contributed by atoms with Crippen LogP contribution >= 0.6 is 0 Å². The number of amides is 1. The van der Waals surface area contributed by atoms with Crippen LogP contribution in [-0.2, 0) is 7.05 Å². The number of benzene rings is 1. The van der Waals surface area contributed by atoms with Crippen LogP contribution in [0.15, 0.2) is 47.5 Å². The van der Waals surface area contributed by atoms with Crippen LogP contribution in [0.2, 0.25) is 0 Å². The molecule has 3 rings (SSSR count). The fourth-order valence-electron chi connectivity index (χ4n) is 2.83. The first kappa shape index (κ1) is 15.9.